The smallest absolute Gasteiger partial charge is 0.397 e. The van der Waals surface area contributed by atoms with E-state index in [1.807, 2.05) is 18.2 Å². The van der Waals surface area contributed by atoms with Gasteiger partial charge in [-0.15, -0.1) is 0 Å². The Labute approximate surface area is 137 Å². The summed E-state index contributed by atoms with van der Waals surface area (Å²) in [7, 11) is 0. The van der Waals surface area contributed by atoms with Gasteiger partial charge in [0.25, 0.3) is 5.91 Å². The summed E-state index contributed by atoms with van der Waals surface area (Å²) < 4.78 is 42.5. The van der Waals surface area contributed by atoms with E-state index in [0.29, 0.717) is 12.2 Å². The maximum atomic E-state index is 12.5. The molecule has 0 N–H and O–H groups in total. The van der Waals surface area contributed by atoms with E-state index in [1.54, 1.807) is 11.0 Å². The number of para-hydroxylation sites is 1. The van der Waals surface area contributed by atoms with Crippen LogP contribution in [0.3, 0.4) is 0 Å². The molecule has 24 heavy (non-hydrogen) atoms. The molecule has 2 heterocycles. The molecule has 1 atom stereocenters. The Kier molecular flexibility index (Phi) is 4.38. The van der Waals surface area contributed by atoms with E-state index in [-0.39, 0.29) is 32.1 Å². The Morgan fingerprint density at radius 1 is 1.08 bits per heavy atom. The van der Waals surface area contributed by atoms with E-state index in [4.69, 9.17) is 4.74 Å². The Morgan fingerprint density at radius 2 is 1.71 bits per heavy atom. The first-order chi connectivity index (χ1) is 11.3. The Balaban J connectivity index is 1.52. The van der Waals surface area contributed by atoms with Crippen molar-refractivity contribution in [2.24, 2.45) is 0 Å². The van der Waals surface area contributed by atoms with E-state index in [1.165, 1.54) is 0 Å². The largest absolute Gasteiger partial charge is 0.480 e. The number of rotatable bonds is 2. The van der Waals surface area contributed by atoms with Gasteiger partial charge in [-0.2, -0.15) is 13.2 Å². The number of fused-ring (bicyclic) bond motifs is 1. The van der Waals surface area contributed by atoms with Gasteiger partial charge in [-0.05, 0) is 11.6 Å². The second kappa shape index (κ2) is 6.33. The Bertz CT molecular complexity index is 615. The van der Waals surface area contributed by atoms with Crippen LogP contribution in [0.25, 0.3) is 0 Å². The molecule has 8 heteroatoms. The molecule has 0 aromatic heterocycles. The zero-order valence-electron chi connectivity index (χ0n) is 12.9. The van der Waals surface area contributed by atoms with E-state index in [0.717, 1.165) is 10.5 Å². The number of carbonyl (C=O) groups is 2. The number of alkyl halides is 3. The summed E-state index contributed by atoms with van der Waals surface area (Å²) in [6.45, 7) is 0.665. The monoisotopic (exact) mass is 342 g/mol. The first-order valence-electron chi connectivity index (χ1n) is 7.71. The molecule has 5 nitrogen and oxygen atoms in total. The van der Waals surface area contributed by atoms with Gasteiger partial charge in [0.1, 0.15) is 12.2 Å². The van der Waals surface area contributed by atoms with Crippen molar-refractivity contribution in [3.8, 4) is 5.75 Å². The summed E-state index contributed by atoms with van der Waals surface area (Å²) in [5.41, 5.74) is 0.967. The van der Waals surface area contributed by atoms with Crippen LogP contribution in [0.15, 0.2) is 24.3 Å². The van der Waals surface area contributed by atoms with E-state index < -0.39 is 24.6 Å². The van der Waals surface area contributed by atoms with Gasteiger partial charge in [0.05, 0.1) is 0 Å². The van der Waals surface area contributed by atoms with Gasteiger partial charge < -0.3 is 14.5 Å². The van der Waals surface area contributed by atoms with Gasteiger partial charge in [0.15, 0.2) is 6.10 Å². The van der Waals surface area contributed by atoms with Gasteiger partial charge in [-0.25, -0.2) is 0 Å². The van der Waals surface area contributed by atoms with Crippen LogP contribution in [0.5, 0.6) is 5.75 Å². The molecular formula is C16H17F3N2O3. The molecule has 2 aliphatic rings. The lowest BCUT2D eigenvalue weighted by Crippen LogP contribution is -2.54. The molecule has 0 radical (unpaired) electrons. The maximum absolute atomic E-state index is 12.5. The third kappa shape index (κ3) is 3.63. The van der Waals surface area contributed by atoms with Gasteiger partial charge in [-0.1, -0.05) is 18.2 Å². The molecule has 2 aliphatic heterocycles. The molecule has 1 aromatic carbocycles. The second-order valence-corrected chi connectivity index (χ2v) is 5.92. The maximum Gasteiger partial charge on any atom is 0.397 e. The number of ether oxygens (including phenoxy) is 1. The number of halogens is 3. The summed E-state index contributed by atoms with van der Waals surface area (Å²) in [6.07, 6.45) is -6.07. The lowest BCUT2D eigenvalue weighted by Gasteiger charge is -2.35. The number of nitrogens with zero attached hydrogens (tertiary/aromatic N) is 2. The highest BCUT2D eigenvalue weighted by molar-refractivity contribution is 5.83. The molecule has 1 fully saturated rings. The summed E-state index contributed by atoms with van der Waals surface area (Å²) >= 11 is 0. The van der Waals surface area contributed by atoms with Crippen LogP contribution in [-0.4, -0.2) is 60.1 Å². The molecule has 2 amide bonds. The third-order valence-electron chi connectivity index (χ3n) is 4.22. The van der Waals surface area contributed by atoms with Crippen molar-refractivity contribution in [3.05, 3.63) is 29.8 Å². The highest BCUT2D eigenvalue weighted by Gasteiger charge is 2.37. The standard InChI is InChI=1S/C16H17F3N2O3/c17-16(18,19)10-14(22)20-5-7-21(8-6-20)15(23)13-9-11-3-1-2-4-12(11)24-13/h1-4,13H,5-10H2/t13-/m1/s1. The summed E-state index contributed by atoms with van der Waals surface area (Å²) in [4.78, 5) is 26.8. The summed E-state index contributed by atoms with van der Waals surface area (Å²) in [6, 6.07) is 7.41. The van der Waals surface area contributed by atoms with Crippen LogP contribution in [0.4, 0.5) is 13.2 Å². The normalized spacial score (nSPS) is 20.5. The van der Waals surface area contributed by atoms with Crippen molar-refractivity contribution in [2.75, 3.05) is 26.2 Å². The zero-order chi connectivity index (χ0) is 17.3. The van der Waals surface area contributed by atoms with Crippen molar-refractivity contribution < 1.29 is 27.5 Å². The van der Waals surface area contributed by atoms with Gasteiger partial charge in [0, 0.05) is 32.6 Å². The number of carbonyl (C=O) groups excluding carboxylic acids is 2. The molecule has 0 saturated carbocycles. The van der Waals surface area contributed by atoms with Gasteiger partial charge in [0.2, 0.25) is 5.91 Å². The molecule has 0 bridgehead atoms. The quantitative estimate of drug-likeness (QED) is 0.821. The molecule has 1 aromatic rings. The number of piperazine rings is 1. The van der Waals surface area contributed by atoms with Gasteiger partial charge >= 0.3 is 6.18 Å². The minimum Gasteiger partial charge on any atom is -0.480 e. The van der Waals surface area contributed by atoms with Crippen LogP contribution >= 0.6 is 0 Å². The Morgan fingerprint density at radius 3 is 2.33 bits per heavy atom. The number of hydrogen-bond donors (Lipinski definition) is 0. The first-order valence-corrected chi connectivity index (χ1v) is 7.71. The fourth-order valence-corrected chi connectivity index (χ4v) is 2.98. The molecule has 0 aliphatic carbocycles. The topological polar surface area (TPSA) is 49.9 Å². The molecule has 1 saturated heterocycles. The summed E-state index contributed by atoms with van der Waals surface area (Å²) in [5, 5.41) is 0. The average Bonchev–Trinajstić information content (AvgIpc) is 2.96. The lowest BCUT2D eigenvalue weighted by molar-refractivity contribution is -0.163. The molecule has 0 spiro atoms. The van der Waals surface area contributed by atoms with Crippen LogP contribution in [0, 0.1) is 0 Å². The first kappa shape index (κ1) is 16.6. The number of benzene rings is 1. The van der Waals surface area contributed by atoms with E-state index in [9.17, 15) is 22.8 Å². The van der Waals surface area contributed by atoms with Crippen LogP contribution in [0.1, 0.15) is 12.0 Å². The van der Waals surface area contributed by atoms with Crippen LogP contribution < -0.4 is 4.74 Å². The molecular weight excluding hydrogens is 325 g/mol. The van der Waals surface area contributed by atoms with E-state index in [2.05, 4.69) is 0 Å². The predicted octanol–water partition coefficient (Wildman–Crippen LogP) is 1.61. The molecule has 0 unspecified atom stereocenters. The second-order valence-electron chi connectivity index (χ2n) is 5.92. The lowest BCUT2D eigenvalue weighted by atomic mass is 10.1. The Hall–Kier alpha value is -2.25. The van der Waals surface area contributed by atoms with Crippen LogP contribution in [-0.2, 0) is 16.0 Å². The zero-order valence-corrected chi connectivity index (χ0v) is 12.9. The fourth-order valence-electron chi connectivity index (χ4n) is 2.98. The molecule has 130 valence electrons. The van der Waals surface area contributed by atoms with Crippen LogP contribution in [0.2, 0.25) is 0 Å². The van der Waals surface area contributed by atoms with Crippen molar-refractivity contribution in [2.45, 2.75) is 25.1 Å². The minimum atomic E-state index is -4.51. The van der Waals surface area contributed by atoms with Gasteiger partial charge in [-0.3, -0.25) is 9.59 Å². The van der Waals surface area contributed by atoms with Crippen molar-refractivity contribution in [3.63, 3.8) is 0 Å². The SMILES string of the molecule is O=C(CC(F)(F)F)N1CCN(C(=O)[C@H]2Cc3ccccc3O2)CC1. The highest BCUT2D eigenvalue weighted by Crippen LogP contribution is 2.29. The highest BCUT2D eigenvalue weighted by atomic mass is 19.4. The number of hydrogen-bond acceptors (Lipinski definition) is 3. The van der Waals surface area contributed by atoms with Crippen molar-refractivity contribution >= 4 is 11.8 Å². The van der Waals surface area contributed by atoms with Crippen molar-refractivity contribution in [1.82, 2.24) is 9.80 Å². The fraction of sp³-hybridized carbons (Fsp3) is 0.500. The third-order valence-corrected chi connectivity index (χ3v) is 4.22. The van der Waals surface area contributed by atoms with E-state index >= 15 is 0 Å². The average molecular weight is 342 g/mol. The van der Waals surface area contributed by atoms with Crippen molar-refractivity contribution in [1.29, 1.82) is 0 Å². The number of amides is 2. The minimum absolute atomic E-state index is 0.111. The summed E-state index contributed by atoms with van der Waals surface area (Å²) in [5.74, 6) is -0.442. The molecule has 3 rings (SSSR count). The predicted molar refractivity (Wildman–Crippen MR) is 78.4 cm³/mol.